The molecule has 23 heavy (non-hydrogen) atoms. The van der Waals surface area contributed by atoms with Gasteiger partial charge in [0, 0.05) is 6.04 Å². The lowest BCUT2D eigenvalue weighted by molar-refractivity contribution is 0.542. The van der Waals surface area contributed by atoms with Crippen LogP contribution in [0, 0.1) is 11.3 Å². The van der Waals surface area contributed by atoms with Crippen molar-refractivity contribution in [2.75, 3.05) is 10.6 Å². The topological polar surface area (TPSA) is 117 Å². The summed E-state index contributed by atoms with van der Waals surface area (Å²) in [5, 5.41) is 19.9. The summed E-state index contributed by atoms with van der Waals surface area (Å²) < 4.78 is 1.47. The van der Waals surface area contributed by atoms with Crippen molar-refractivity contribution in [1.29, 1.82) is 5.26 Å². The normalized spacial score (nSPS) is 14.3. The summed E-state index contributed by atoms with van der Waals surface area (Å²) in [6, 6.07) is 2.73. The van der Waals surface area contributed by atoms with E-state index in [9.17, 15) is 5.26 Å². The van der Waals surface area contributed by atoms with E-state index in [0.29, 0.717) is 36.7 Å². The van der Waals surface area contributed by atoms with Crippen molar-refractivity contribution in [3.8, 4) is 12.0 Å². The van der Waals surface area contributed by atoms with E-state index in [1.165, 1.54) is 17.3 Å². The van der Waals surface area contributed by atoms with Gasteiger partial charge in [-0.2, -0.15) is 30.0 Å². The summed E-state index contributed by atoms with van der Waals surface area (Å²) in [7, 11) is 0. The molecule has 0 aromatic carbocycles. The molecule has 2 aromatic heterocycles. The molecule has 0 saturated heterocycles. The molecule has 2 heterocycles. The lowest BCUT2D eigenvalue weighted by atomic mass is 9.95. The first kappa shape index (κ1) is 15.1. The first-order valence-electron chi connectivity index (χ1n) is 7.75. The van der Waals surface area contributed by atoms with Crippen molar-refractivity contribution in [2.45, 2.75) is 51.1 Å². The number of nitrogens with one attached hydrogen (secondary N) is 2. The molecule has 0 atom stereocenters. The highest BCUT2D eigenvalue weighted by Crippen LogP contribution is 2.25. The first-order valence-corrected chi connectivity index (χ1v) is 7.75. The van der Waals surface area contributed by atoms with Gasteiger partial charge in [0.15, 0.2) is 0 Å². The molecule has 0 amide bonds. The Kier molecular flexibility index (Phi) is 4.06. The van der Waals surface area contributed by atoms with E-state index < -0.39 is 5.54 Å². The summed E-state index contributed by atoms with van der Waals surface area (Å²) >= 11 is 0. The maximum atomic E-state index is 9.49. The molecule has 2 N–H and O–H groups in total. The average molecular weight is 313 g/mol. The molecule has 1 aliphatic rings. The minimum atomic E-state index is -0.697. The van der Waals surface area contributed by atoms with Gasteiger partial charge in [0.25, 0.3) is 5.95 Å². The van der Waals surface area contributed by atoms with E-state index in [1.807, 2.05) is 13.8 Å². The van der Waals surface area contributed by atoms with Crippen LogP contribution in [0.25, 0.3) is 5.95 Å². The Morgan fingerprint density at radius 2 is 2.00 bits per heavy atom. The highest BCUT2D eigenvalue weighted by molar-refractivity contribution is 5.42. The predicted molar refractivity (Wildman–Crippen MR) is 83.9 cm³/mol. The van der Waals surface area contributed by atoms with Gasteiger partial charge in [-0.15, -0.1) is 0 Å². The molecule has 1 aliphatic carbocycles. The maximum Gasteiger partial charge on any atom is 0.258 e. The second-order valence-electron chi connectivity index (χ2n) is 5.57. The number of hydrogen-bond donors (Lipinski definition) is 2. The lowest BCUT2D eigenvalue weighted by Crippen LogP contribution is -2.36. The second kappa shape index (κ2) is 6.16. The molecular weight excluding hydrogens is 294 g/mol. The van der Waals surface area contributed by atoms with Crippen molar-refractivity contribution in [3.05, 3.63) is 12.7 Å². The number of aromatic nitrogens is 6. The number of rotatable bonds is 7. The van der Waals surface area contributed by atoms with E-state index in [1.54, 1.807) is 0 Å². The van der Waals surface area contributed by atoms with Crippen molar-refractivity contribution in [1.82, 2.24) is 29.7 Å². The van der Waals surface area contributed by atoms with E-state index >= 15 is 0 Å². The fourth-order valence-corrected chi connectivity index (χ4v) is 2.14. The van der Waals surface area contributed by atoms with E-state index in [0.717, 1.165) is 12.8 Å². The number of hydrogen-bond acceptors (Lipinski definition) is 8. The van der Waals surface area contributed by atoms with Crippen LogP contribution in [0.1, 0.15) is 39.5 Å². The van der Waals surface area contributed by atoms with Crippen LogP contribution in [0.5, 0.6) is 0 Å². The third-order valence-corrected chi connectivity index (χ3v) is 3.93. The average Bonchev–Trinajstić information content (AvgIpc) is 3.21. The molecule has 9 nitrogen and oxygen atoms in total. The fraction of sp³-hybridized carbons (Fsp3) is 0.571. The van der Waals surface area contributed by atoms with Crippen LogP contribution in [-0.4, -0.2) is 41.3 Å². The van der Waals surface area contributed by atoms with Gasteiger partial charge < -0.3 is 10.6 Å². The molecule has 0 bridgehead atoms. The molecule has 1 fully saturated rings. The van der Waals surface area contributed by atoms with E-state index in [4.69, 9.17) is 0 Å². The second-order valence-corrected chi connectivity index (χ2v) is 5.57. The molecule has 0 spiro atoms. The number of anilines is 2. The smallest absolute Gasteiger partial charge is 0.258 e. The fourth-order valence-electron chi connectivity index (χ4n) is 2.14. The van der Waals surface area contributed by atoms with Crippen LogP contribution in [-0.2, 0) is 0 Å². The minimum Gasteiger partial charge on any atom is -0.351 e. The van der Waals surface area contributed by atoms with Crippen molar-refractivity contribution in [2.24, 2.45) is 0 Å². The third-order valence-electron chi connectivity index (χ3n) is 3.93. The Bertz CT molecular complexity index is 696. The quantitative estimate of drug-likeness (QED) is 0.790. The Hall–Kier alpha value is -2.76. The standard InChI is InChI=1S/C14H19N9/c1-3-14(4-2,7-15)22-12-19-11(18-10-5-6-10)20-13(21-12)23-9-16-8-17-23/h8-10H,3-6H2,1-2H3,(H2,18,19,20,21,22). The lowest BCUT2D eigenvalue weighted by Gasteiger charge is -2.25. The van der Waals surface area contributed by atoms with Gasteiger partial charge in [0.05, 0.1) is 6.07 Å². The monoisotopic (exact) mass is 313 g/mol. The molecule has 1 saturated carbocycles. The van der Waals surface area contributed by atoms with Gasteiger partial charge in [-0.1, -0.05) is 13.8 Å². The molecular formula is C14H19N9. The zero-order valence-corrected chi connectivity index (χ0v) is 13.2. The summed E-state index contributed by atoms with van der Waals surface area (Å²) in [4.78, 5) is 17.0. The van der Waals surface area contributed by atoms with E-state index in [2.05, 4.69) is 41.7 Å². The van der Waals surface area contributed by atoms with Gasteiger partial charge in [0.2, 0.25) is 11.9 Å². The Labute approximate surface area is 134 Å². The van der Waals surface area contributed by atoms with Crippen molar-refractivity contribution in [3.63, 3.8) is 0 Å². The molecule has 3 rings (SSSR count). The molecule has 0 aliphatic heterocycles. The summed E-state index contributed by atoms with van der Waals surface area (Å²) in [5.74, 6) is 1.20. The largest absolute Gasteiger partial charge is 0.351 e. The van der Waals surface area contributed by atoms with Gasteiger partial charge in [-0.3, -0.25) is 0 Å². The highest BCUT2D eigenvalue weighted by Gasteiger charge is 2.28. The van der Waals surface area contributed by atoms with Crippen LogP contribution < -0.4 is 10.6 Å². The zero-order chi connectivity index (χ0) is 16.3. The van der Waals surface area contributed by atoms with Crippen LogP contribution in [0.4, 0.5) is 11.9 Å². The molecule has 0 radical (unpaired) electrons. The van der Waals surface area contributed by atoms with Gasteiger partial charge in [-0.05, 0) is 25.7 Å². The SMILES string of the molecule is CCC(C#N)(CC)Nc1nc(NC2CC2)nc(-n2cncn2)n1. The zero-order valence-electron chi connectivity index (χ0n) is 13.2. The van der Waals surface area contributed by atoms with Gasteiger partial charge >= 0.3 is 0 Å². The minimum absolute atomic E-state index is 0.360. The summed E-state index contributed by atoms with van der Waals surface area (Å²) in [5.41, 5.74) is -0.697. The maximum absolute atomic E-state index is 9.49. The Morgan fingerprint density at radius 1 is 1.26 bits per heavy atom. The first-order chi connectivity index (χ1) is 11.2. The van der Waals surface area contributed by atoms with Gasteiger partial charge in [-0.25, -0.2) is 4.98 Å². The van der Waals surface area contributed by atoms with Crippen LogP contribution >= 0.6 is 0 Å². The molecule has 0 unspecified atom stereocenters. The van der Waals surface area contributed by atoms with Crippen LogP contribution in [0.15, 0.2) is 12.7 Å². The Balaban J connectivity index is 1.94. The summed E-state index contributed by atoms with van der Waals surface area (Å²) in [6.45, 7) is 3.92. The Morgan fingerprint density at radius 3 is 2.57 bits per heavy atom. The van der Waals surface area contributed by atoms with Crippen molar-refractivity contribution >= 4 is 11.9 Å². The van der Waals surface area contributed by atoms with Crippen molar-refractivity contribution < 1.29 is 0 Å². The number of nitriles is 1. The molecule has 2 aromatic rings. The van der Waals surface area contributed by atoms with Crippen LogP contribution in [0.2, 0.25) is 0 Å². The highest BCUT2D eigenvalue weighted by atomic mass is 15.4. The summed E-state index contributed by atoms with van der Waals surface area (Å²) in [6.07, 6.45) is 6.46. The van der Waals surface area contributed by atoms with E-state index in [-0.39, 0.29) is 0 Å². The molecule has 9 heteroatoms. The number of nitrogens with zero attached hydrogens (tertiary/aromatic N) is 7. The molecule has 120 valence electrons. The van der Waals surface area contributed by atoms with Gasteiger partial charge in [0.1, 0.15) is 18.2 Å². The third kappa shape index (κ3) is 3.36. The predicted octanol–water partition coefficient (Wildman–Crippen LogP) is 1.52. The van der Waals surface area contributed by atoms with Crippen LogP contribution in [0.3, 0.4) is 0 Å².